The van der Waals surface area contributed by atoms with Crippen LogP contribution in [0.1, 0.15) is 22.3 Å². The second-order valence-corrected chi connectivity index (χ2v) is 8.40. The molecule has 1 aliphatic rings. The number of carbonyl (C=O) groups is 1. The highest BCUT2D eigenvalue weighted by Gasteiger charge is 2.23. The summed E-state index contributed by atoms with van der Waals surface area (Å²) in [6.07, 6.45) is 6.25. The van der Waals surface area contributed by atoms with E-state index in [1.165, 1.54) is 11.3 Å². The van der Waals surface area contributed by atoms with Crippen molar-refractivity contribution in [3.8, 4) is 11.5 Å². The van der Waals surface area contributed by atoms with Crippen LogP contribution in [0.3, 0.4) is 0 Å². The van der Waals surface area contributed by atoms with Gasteiger partial charge in [-0.2, -0.15) is 0 Å². The number of anilines is 1. The van der Waals surface area contributed by atoms with E-state index in [-0.39, 0.29) is 5.91 Å². The monoisotopic (exact) mass is 434 g/mol. The van der Waals surface area contributed by atoms with E-state index in [0.29, 0.717) is 42.0 Å². The first-order chi connectivity index (χ1) is 15.2. The van der Waals surface area contributed by atoms with Gasteiger partial charge in [-0.05, 0) is 43.2 Å². The molecule has 0 aliphatic carbocycles. The molecular weight excluding hydrogens is 412 g/mol. The van der Waals surface area contributed by atoms with Crippen molar-refractivity contribution in [1.29, 1.82) is 0 Å². The minimum Gasteiger partial charge on any atom is -0.486 e. The van der Waals surface area contributed by atoms with Gasteiger partial charge < -0.3 is 14.0 Å². The van der Waals surface area contributed by atoms with Gasteiger partial charge in [0.1, 0.15) is 13.2 Å². The van der Waals surface area contributed by atoms with Crippen LogP contribution in [-0.2, 0) is 6.54 Å². The Morgan fingerprint density at radius 3 is 2.87 bits per heavy atom. The van der Waals surface area contributed by atoms with Gasteiger partial charge in [0, 0.05) is 31.0 Å². The van der Waals surface area contributed by atoms with E-state index < -0.39 is 0 Å². The van der Waals surface area contributed by atoms with Crippen LogP contribution in [0.4, 0.5) is 5.13 Å². The van der Waals surface area contributed by atoms with E-state index in [1.54, 1.807) is 35.6 Å². The zero-order chi connectivity index (χ0) is 21.2. The number of hydrogen-bond donors (Lipinski definition) is 0. The van der Waals surface area contributed by atoms with Gasteiger partial charge in [0.2, 0.25) is 0 Å². The second-order valence-electron chi connectivity index (χ2n) is 7.39. The molecule has 5 rings (SSSR count). The molecule has 3 heterocycles. The Balaban J connectivity index is 1.46. The summed E-state index contributed by atoms with van der Waals surface area (Å²) in [7, 11) is 0. The third kappa shape index (κ3) is 3.98. The molecular formula is C23H22N4O3S. The molecule has 0 atom stereocenters. The van der Waals surface area contributed by atoms with Crippen molar-refractivity contribution < 1.29 is 14.3 Å². The van der Waals surface area contributed by atoms with E-state index in [4.69, 9.17) is 14.5 Å². The number of thiazole rings is 1. The summed E-state index contributed by atoms with van der Waals surface area (Å²) in [5, 5.41) is 0.704. The van der Waals surface area contributed by atoms with Crippen LogP contribution >= 0.6 is 11.3 Å². The molecule has 7 nitrogen and oxygen atoms in total. The van der Waals surface area contributed by atoms with Crippen molar-refractivity contribution >= 4 is 32.6 Å². The first-order valence-corrected chi connectivity index (χ1v) is 11.0. The molecule has 158 valence electrons. The maximum atomic E-state index is 13.6. The van der Waals surface area contributed by atoms with Gasteiger partial charge in [-0.15, -0.1) is 0 Å². The van der Waals surface area contributed by atoms with Crippen molar-refractivity contribution in [3.05, 3.63) is 66.2 Å². The van der Waals surface area contributed by atoms with E-state index in [9.17, 15) is 4.79 Å². The molecule has 0 N–H and O–H groups in total. The maximum absolute atomic E-state index is 13.6. The van der Waals surface area contributed by atoms with Crippen molar-refractivity contribution in [2.75, 3.05) is 24.7 Å². The Labute approximate surface area is 183 Å². The quantitative estimate of drug-likeness (QED) is 0.452. The lowest BCUT2D eigenvalue weighted by atomic mass is 10.1. The van der Waals surface area contributed by atoms with Crippen LogP contribution in [0.15, 0.2) is 55.1 Å². The first-order valence-electron chi connectivity index (χ1n) is 10.2. The van der Waals surface area contributed by atoms with E-state index in [0.717, 1.165) is 28.7 Å². The Bertz CT molecular complexity index is 1220. The van der Waals surface area contributed by atoms with Gasteiger partial charge in [-0.25, -0.2) is 9.97 Å². The van der Waals surface area contributed by atoms with E-state index in [2.05, 4.69) is 4.98 Å². The van der Waals surface area contributed by atoms with Crippen LogP contribution in [0.25, 0.3) is 10.2 Å². The fourth-order valence-corrected chi connectivity index (χ4v) is 4.70. The zero-order valence-electron chi connectivity index (χ0n) is 17.2. The SMILES string of the molecule is Cc1cccc2sc(N(CCCn3ccnc3)C(=O)c3ccc4c(c3)OCCO4)nc12. The van der Waals surface area contributed by atoms with Crippen LogP contribution in [-0.4, -0.2) is 40.2 Å². The molecule has 2 aromatic heterocycles. The molecule has 0 fully saturated rings. The van der Waals surface area contributed by atoms with Crippen LogP contribution in [0, 0.1) is 6.92 Å². The topological polar surface area (TPSA) is 69.5 Å². The highest BCUT2D eigenvalue weighted by atomic mass is 32.1. The number of aromatic nitrogens is 3. The number of aryl methyl sites for hydroxylation is 2. The number of carbonyl (C=O) groups excluding carboxylic acids is 1. The van der Waals surface area contributed by atoms with Crippen molar-refractivity contribution in [3.63, 3.8) is 0 Å². The predicted molar refractivity (Wildman–Crippen MR) is 120 cm³/mol. The lowest BCUT2D eigenvalue weighted by molar-refractivity contribution is 0.0985. The summed E-state index contributed by atoms with van der Waals surface area (Å²) in [6, 6.07) is 11.5. The number of imidazole rings is 1. The first kappa shape index (κ1) is 19.6. The normalized spacial score (nSPS) is 12.8. The molecule has 0 radical (unpaired) electrons. The van der Waals surface area contributed by atoms with Gasteiger partial charge in [0.05, 0.1) is 16.5 Å². The van der Waals surface area contributed by atoms with Gasteiger partial charge in [0.25, 0.3) is 5.91 Å². The predicted octanol–water partition coefficient (Wildman–Crippen LogP) is 4.31. The summed E-state index contributed by atoms with van der Waals surface area (Å²) in [6.45, 7) is 4.36. The minimum absolute atomic E-state index is 0.0979. The van der Waals surface area contributed by atoms with E-state index in [1.807, 2.05) is 35.9 Å². The number of rotatable bonds is 6. The second kappa shape index (κ2) is 8.39. The Hall–Kier alpha value is -3.39. The third-order valence-corrected chi connectivity index (χ3v) is 6.28. The molecule has 8 heteroatoms. The molecule has 0 bridgehead atoms. The number of hydrogen-bond acceptors (Lipinski definition) is 6. The maximum Gasteiger partial charge on any atom is 0.260 e. The van der Waals surface area contributed by atoms with Gasteiger partial charge in [0.15, 0.2) is 16.6 Å². The van der Waals surface area contributed by atoms with Gasteiger partial charge >= 0.3 is 0 Å². The Morgan fingerprint density at radius 2 is 2.06 bits per heavy atom. The highest BCUT2D eigenvalue weighted by molar-refractivity contribution is 7.22. The number of benzene rings is 2. The third-order valence-electron chi connectivity index (χ3n) is 5.23. The lowest BCUT2D eigenvalue weighted by Gasteiger charge is -2.22. The van der Waals surface area contributed by atoms with Gasteiger partial charge in [-0.3, -0.25) is 9.69 Å². The smallest absolute Gasteiger partial charge is 0.260 e. The molecule has 4 aromatic rings. The van der Waals surface area contributed by atoms with Gasteiger partial charge in [-0.1, -0.05) is 23.5 Å². The molecule has 1 aliphatic heterocycles. The molecule has 31 heavy (non-hydrogen) atoms. The van der Waals surface area contributed by atoms with Crippen LogP contribution < -0.4 is 14.4 Å². The van der Waals surface area contributed by atoms with Crippen molar-refractivity contribution in [1.82, 2.24) is 14.5 Å². The number of ether oxygens (including phenoxy) is 2. The Morgan fingerprint density at radius 1 is 1.19 bits per heavy atom. The van der Waals surface area contributed by atoms with E-state index >= 15 is 0 Å². The summed E-state index contributed by atoms with van der Waals surface area (Å²) in [4.78, 5) is 24.2. The summed E-state index contributed by atoms with van der Waals surface area (Å²) in [5.41, 5.74) is 2.60. The summed E-state index contributed by atoms with van der Waals surface area (Å²) < 4.78 is 14.4. The molecule has 0 saturated heterocycles. The average molecular weight is 435 g/mol. The summed E-state index contributed by atoms with van der Waals surface area (Å²) >= 11 is 1.54. The minimum atomic E-state index is -0.0979. The van der Waals surface area contributed by atoms with Crippen molar-refractivity contribution in [2.45, 2.75) is 19.9 Å². The molecule has 0 saturated carbocycles. The fraction of sp³-hybridized carbons (Fsp3) is 0.261. The Kier molecular flexibility index (Phi) is 5.30. The van der Waals surface area contributed by atoms with Crippen LogP contribution in [0.5, 0.6) is 11.5 Å². The van der Waals surface area contributed by atoms with Crippen molar-refractivity contribution in [2.24, 2.45) is 0 Å². The number of nitrogens with zero attached hydrogens (tertiary/aromatic N) is 4. The standard InChI is InChI=1S/C23H22N4O3S/c1-16-4-2-5-20-21(16)25-23(31-20)27(10-3-9-26-11-8-24-15-26)22(28)17-6-7-18-19(14-17)30-13-12-29-18/h2,4-8,11,14-15H,3,9-10,12-13H2,1H3. The average Bonchev–Trinajstić information content (AvgIpc) is 3.46. The number of fused-ring (bicyclic) bond motifs is 2. The highest BCUT2D eigenvalue weighted by Crippen LogP contribution is 2.34. The molecule has 0 unspecified atom stereocenters. The fourth-order valence-electron chi connectivity index (χ4n) is 3.64. The molecule has 2 aromatic carbocycles. The lowest BCUT2D eigenvalue weighted by Crippen LogP contribution is -2.32. The molecule has 0 spiro atoms. The largest absolute Gasteiger partial charge is 0.486 e. The summed E-state index contributed by atoms with van der Waals surface area (Å²) in [5.74, 6) is 1.18. The molecule has 1 amide bonds. The zero-order valence-corrected chi connectivity index (χ0v) is 18.0. The number of para-hydroxylation sites is 1. The number of amides is 1. The van der Waals surface area contributed by atoms with Crippen LogP contribution in [0.2, 0.25) is 0 Å².